The van der Waals surface area contributed by atoms with E-state index < -0.39 is 23.6 Å². The summed E-state index contributed by atoms with van der Waals surface area (Å²) in [5, 5.41) is 12.1. The van der Waals surface area contributed by atoms with Gasteiger partial charge in [-0.15, -0.1) is 0 Å². The summed E-state index contributed by atoms with van der Waals surface area (Å²) in [5.41, 5.74) is 0.391. The Bertz CT molecular complexity index is 1360. The second kappa shape index (κ2) is 12.1. The van der Waals surface area contributed by atoms with Gasteiger partial charge in [-0.1, -0.05) is 12.1 Å². The number of benzene rings is 2. The van der Waals surface area contributed by atoms with E-state index in [2.05, 4.69) is 22.4 Å². The molecule has 1 N–H and O–H groups in total. The van der Waals surface area contributed by atoms with Gasteiger partial charge < -0.3 is 19.9 Å². The lowest BCUT2D eigenvalue weighted by Crippen LogP contribution is -2.50. The van der Waals surface area contributed by atoms with E-state index in [4.69, 9.17) is 4.74 Å². The zero-order chi connectivity index (χ0) is 30.2. The van der Waals surface area contributed by atoms with Crippen LogP contribution in [0.3, 0.4) is 0 Å². The molecule has 2 aromatic rings. The van der Waals surface area contributed by atoms with Gasteiger partial charge in [0.25, 0.3) is 0 Å². The third-order valence-electron chi connectivity index (χ3n) is 10.3. The molecule has 0 radical (unpaired) electrons. The fraction of sp³-hybridized carbons (Fsp3) is 0.576. The summed E-state index contributed by atoms with van der Waals surface area (Å²) >= 11 is 0. The summed E-state index contributed by atoms with van der Waals surface area (Å²) in [6.07, 6.45) is 2.61. The van der Waals surface area contributed by atoms with E-state index >= 15 is 0 Å². The molecule has 4 aliphatic rings. The van der Waals surface area contributed by atoms with Gasteiger partial charge in [-0.25, -0.2) is 9.18 Å². The zero-order valence-electron chi connectivity index (χ0n) is 24.2. The summed E-state index contributed by atoms with van der Waals surface area (Å²) in [4.78, 5) is 18.2. The molecule has 2 aliphatic carbocycles. The van der Waals surface area contributed by atoms with Gasteiger partial charge in [0.05, 0.1) is 17.2 Å². The van der Waals surface area contributed by atoms with Crippen molar-refractivity contribution < 1.29 is 27.1 Å². The molecule has 2 saturated heterocycles. The maximum Gasteiger partial charge on any atom is 0.419 e. The fourth-order valence-electron chi connectivity index (χ4n) is 7.79. The van der Waals surface area contributed by atoms with Gasteiger partial charge in [0.1, 0.15) is 5.82 Å². The van der Waals surface area contributed by atoms with Gasteiger partial charge in [0.15, 0.2) is 0 Å². The molecule has 6 nitrogen and oxygen atoms in total. The summed E-state index contributed by atoms with van der Waals surface area (Å²) in [5.74, 6) is -0.691. The molecule has 0 aromatic heterocycles. The fourth-order valence-corrected chi connectivity index (χ4v) is 7.79. The van der Waals surface area contributed by atoms with E-state index in [1.165, 1.54) is 11.6 Å². The number of hydrogen-bond donors (Lipinski definition) is 1. The number of hydrogen-bond acceptors (Lipinski definition) is 4. The number of urea groups is 1. The van der Waals surface area contributed by atoms with Crippen LogP contribution < -0.4 is 5.32 Å². The van der Waals surface area contributed by atoms with Crippen LogP contribution in [-0.4, -0.2) is 60.8 Å². The van der Waals surface area contributed by atoms with Crippen LogP contribution in [0.4, 0.5) is 28.0 Å². The molecule has 3 atom stereocenters. The summed E-state index contributed by atoms with van der Waals surface area (Å²) < 4.78 is 59.6. The number of likely N-dealkylation sites (tertiary alicyclic amines) is 1. The molecule has 0 spiro atoms. The minimum atomic E-state index is -4.86. The van der Waals surface area contributed by atoms with E-state index in [1.54, 1.807) is 0 Å². The number of anilines is 1. The number of nitrogens with one attached hydrogen (secondary N) is 1. The smallest absolute Gasteiger partial charge is 0.381 e. The highest BCUT2D eigenvalue weighted by molar-refractivity contribution is 5.89. The molecule has 1 unspecified atom stereocenters. The summed E-state index contributed by atoms with van der Waals surface area (Å²) in [6.45, 7) is 4.05. The molecule has 6 rings (SSSR count). The van der Waals surface area contributed by atoms with E-state index in [0.717, 1.165) is 83.7 Å². The van der Waals surface area contributed by atoms with Crippen LogP contribution in [0.5, 0.6) is 0 Å². The molecule has 43 heavy (non-hydrogen) atoms. The van der Waals surface area contributed by atoms with E-state index in [1.807, 2.05) is 23.1 Å². The first-order valence-electron chi connectivity index (χ1n) is 15.4. The van der Waals surface area contributed by atoms with Crippen molar-refractivity contribution in [3.8, 4) is 6.07 Å². The molecular weight excluding hydrogens is 560 g/mol. The Kier molecular flexibility index (Phi) is 8.40. The topological polar surface area (TPSA) is 68.6 Å². The van der Waals surface area contributed by atoms with Gasteiger partial charge in [-0.05, 0) is 118 Å². The van der Waals surface area contributed by atoms with Crippen molar-refractivity contribution in [1.29, 1.82) is 5.26 Å². The average molecular weight is 599 g/mol. The van der Waals surface area contributed by atoms with Crippen molar-refractivity contribution in [2.45, 2.75) is 75.0 Å². The van der Waals surface area contributed by atoms with Crippen LogP contribution >= 0.6 is 0 Å². The van der Waals surface area contributed by atoms with E-state index in [-0.39, 0.29) is 17.1 Å². The van der Waals surface area contributed by atoms with Crippen molar-refractivity contribution in [2.75, 3.05) is 38.2 Å². The molecule has 2 saturated carbocycles. The Labute approximate surface area is 250 Å². The van der Waals surface area contributed by atoms with Gasteiger partial charge in [0, 0.05) is 37.5 Å². The van der Waals surface area contributed by atoms with Crippen LogP contribution in [0.15, 0.2) is 42.5 Å². The highest BCUT2D eigenvalue weighted by Crippen LogP contribution is 2.63. The van der Waals surface area contributed by atoms with Crippen LogP contribution in [0.1, 0.15) is 68.1 Å². The Morgan fingerprint density at radius 1 is 1.09 bits per heavy atom. The van der Waals surface area contributed by atoms with Crippen LogP contribution in [0.25, 0.3) is 0 Å². The predicted molar refractivity (Wildman–Crippen MR) is 154 cm³/mol. The lowest BCUT2D eigenvalue weighted by Gasteiger charge is -2.42. The molecule has 10 heteroatoms. The number of ether oxygens (including phenoxy) is 1. The predicted octanol–water partition coefficient (Wildman–Crippen LogP) is 6.95. The number of nitrogens with zero attached hydrogens (tertiary/aromatic N) is 3. The van der Waals surface area contributed by atoms with Gasteiger partial charge in [-0.3, -0.25) is 0 Å². The third kappa shape index (κ3) is 6.39. The first kappa shape index (κ1) is 29.9. The average Bonchev–Trinajstić information content (AvgIpc) is 3.76. The standard InChI is InChI=1S/C33H38F4N4O2/c34-30-5-4-26(18-29(30)33(35,36)37)39-31(42)41(21-22-7-12-40(13-8-22)27-9-14-43-15-10-27)28-6-11-32(19-25(32)17-28)24-3-1-2-23(16-24)20-38/h1-5,16,18,22,25,27-28H,6-15,17,19,21H2,(H,39,42)/t25?,28-,32-/m1/s1. The normalized spacial score (nSPS) is 26.8. The largest absolute Gasteiger partial charge is 0.419 e. The number of rotatable bonds is 6. The lowest BCUT2D eigenvalue weighted by molar-refractivity contribution is -0.139. The quantitative estimate of drug-likeness (QED) is 0.366. The number of fused-ring (bicyclic) bond motifs is 1. The first-order valence-corrected chi connectivity index (χ1v) is 15.4. The second-order valence-electron chi connectivity index (χ2n) is 12.8. The van der Waals surface area contributed by atoms with Crippen molar-refractivity contribution in [2.24, 2.45) is 11.8 Å². The van der Waals surface area contributed by atoms with Gasteiger partial charge in [-0.2, -0.15) is 18.4 Å². The Morgan fingerprint density at radius 2 is 1.86 bits per heavy atom. The number of carbonyl (C=O) groups excluding carboxylic acids is 1. The Morgan fingerprint density at radius 3 is 2.56 bits per heavy atom. The Balaban J connectivity index is 1.17. The van der Waals surface area contributed by atoms with Gasteiger partial charge in [0.2, 0.25) is 0 Å². The molecule has 0 bridgehead atoms. The molecule has 230 valence electrons. The van der Waals surface area contributed by atoms with E-state index in [9.17, 15) is 27.6 Å². The van der Waals surface area contributed by atoms with Crippen LogP contribution in [0.2, 0.25) is 0 Å². The second-order valence-corrected chi connectivity index (χ2v) is 12.8. The molecule has 4 fully saturated rings. The SMILES string of the molecule is N#Cc1cccc([C@]23CC[C@@H](N(CC4CCN(C5CCOCC5)CC4)C(=O)Nc4ccc(F)c(C(F)(F)F)c4)CC2C3)c1. The number of alkyl halides is 3. The molecular formula is C33H38F4N4O2. The number of halogens is 4. The highest BCUT2D eigenvalue weighted by Gasteiger charge is 2.58. The summed E-state index contributed by atoms with van der Waals surface area (Å²) in [6, 6.07) is 12.7. The highest BCUT2D eigenvalue weighted by atomic mass is 19.4. The number of amides is 2. The minimum Gasteiger partial charge on any atom is -0.381 e. The molecule has 2 aliphatic heterocycles. The number of piperidine rings is 1. The molecule has 2 heterocycles. The van der Waals surface area contributed by atoms with Crippen LogP contribution in [0, 0.1) is 29.0 Å². The minimum absolute atomic E-state index is 0.0269. The lowest BCUT2D eigenvalue weighted by atomic mass is 9.79. The maximum absolute atomic E-state index is 13.9. The van der Waals surface area contributed by atoms with Gasteiger partial charge >= 0.3 is 12.2 Å². The van der Waals surface area contributed by atoms with Crippen molar-refractivity contribution in [1.82, 2.24) is 9.80 Å². The third-order valence-corrected chi connectivity index (χ3v) is 10.3. The van der Waals surface area contributed by atoms with Crippen molar-refractivity contribution in [3.05, 3.63) is 65.0 Å². The van der Waals surface area contributed by atoms with Crippen LogP contribution in [-0.2, 0) is 16.3 Å². The number of carbonyl (C=O) groups is 1. The van der Waals surface area contributed by atoms with Crippen molar-refractivity contribution >= 4 is 11.7 Å². The van der Waals surface area contributed by atoms with E-state index in [0.29, 0.717) is 36.1 Å². The number of nitriles is 1. The monoisotopic (exact) mass is 598 g/mol. The molecule has 2 amide bonds. The summed E-state index contributed by atoms with van der Waals surface area (Å²) in [7, 11) is 0. The zero-order valence-corrected chi connectivity index (χ0v) is 24.2. The maximum atomic E-state index is 13.9. The van der Waals surface area contributed by atoms with Crippen molar-refractivity contribution in [3.63, 3.8) is 0 Å². The first-order chi connectivity index (χ1) is 20.7. The Hall–Kier alpha value is -3.16. The molecule has 2 aromatic carbocycles.